The fraction of sp³-hybridized carbons (Fsp3) is 0.364. The number of ether oxygens (including phenoxy) is 1. The van der Waals surface area contributed by atoms with E-state index in [1.54, 1.807) is 45.2 Å². The maximum absolute atomic E-state index is 9.74. The van der Waals surface area contributed by atoms with Crippen molar-refractivity contribution in [2.75, 3.05) is 7.11 Å². The van der Waals surface area contributed by atoms with Gasteiger partial charge in [-0.2, -0.15) is 0 Å². The Morgan fingerprint density at radius 3 is 2.13 bits per heavy atom. The summed E-state index contributed by atoms with van der Waals surface area (Å²) in [6, 6.07) is 6.94. The van der Waals surface area contributed by atoms with Crippen LogP contribution in [0.5, 0.6) is 5.75 Å². The molecular formula is C11H15NO3. The molecule has 4 heteroatoms. The lowest BCUT2D eigenvalue weighted by atomic mass is 9.96. The van der Waals surface area contributed by atoms with Crippen molar-refractivity contribution in [1.82, 2.24) is 0 Å². The first kappa shape index (κ1) is 11.5. The van der Waals surface area contributed by atoms with E-state index in [0.29, 0.717) is 11.3 Å². The van der Waals surface area contributed by atoms with Crippen LogP contribution in [0, 0.1) is 0 Å². The zero-order chi connectivity index (χ0) is 11.5. The first-order chi connectivity index (χ1) is 6.99. The predicted octanol–water partition coefficient (Wildman–Crippen LogP) is 1.64. The third-order valence-corrected chi connectivity index (χ3v) is 2.04. The standard InChI is InChI=1S/C11H15NO3/c1-11(2,13)10(12-14)8-4-6-9(15-3)7-5-8/h4-7,13-14H,1-3H3. The summed E-state index contributed by atoms with van der Waals surface area (Å²) in [5, 5.41) is 21.7. The summed E-state index contributed by atoms with van der Waals surface area (Å²) in [5.74, 6) is 0.715. The minimum absolute atomic E-state index is 0.227. The van der Waals surface area contributed by atoms with Gasteiger partial charge in [0.2, 0.25) is 0 Å². The Hall–Kier alpha value is -1.55. The van der Waals surface area contributed by atoms with Gasteiger partial charge in [-0.1, -0.05) is 5.16 Å². The lowest BCUT2D eigenvalue weighted by Crippen LogP contribution is -2.32. The fourth-order valence-electron chi connectivity index (χ4n) is 1.28. The van der Waals surface area contributed by atoms with Crippen LogP contribution in [0.3, 0.4) is 0 Å². The Balaban J connectivity index is 3.05. The highest BCUT2D eigenvalue weighted by atomic mass is 16.5. The van der Waals surface area contributed by atoms with Gasteiger partial charge < -0.3 is 15.1 Å². The van der Waals surface area contributed by atoms with Gasteiger partial charge in [0.1, 0.15) is 17.1 Å². The fourth-order valence-corrected chi connectivity index (χ4v) is 1.28. The molecule has 0 unspecified atom stereocenters. The first-order valence-electron chi connectivity index (χ1n) is 4.58. The van der Waals surface area contributed by atoms with Crippen LogP contribution in [0.4, 0.5) is 0 Å². The maximum Gasteiger partial charge on any atom is 0.118 e. The van der Waals surface area contributed by atoms with E-state index >= 15 is 0 Å². The lowest BCUT2D eigenvalue weighted by Gasteiger charge is -2.18. The number of aliphatic hydroxyl groups is 1. The molecule has 1 aromatic rings. The van der Waals surface area contributed by atoms with E-state index in [1.807, 2.05) is 0 Å². The summed E-state index contributed by atoms with van der Waals surface area (Å²) in [6.07, 6.45) is 0. The van der Waals surface area contributed by atoms with Gasteiger partial charge in [0.15, 0.2) is 0 Å². The average Bonchev–Trinajstić information content (AvgIpc) is 2.18. The van der Waals surface area contributed by atoms with Gasteiger partial charge in [0.05, 0.1) is 7.11 Å². The maximum atomic E-state index is 9.74. The molecule has 1 rings (SSSR count). The molecule has 0 amide bonds. The Kier molecular flexibility index (Phi) is 3.31. The van der Waals surface area contributed by atoms with Crippen LogP contribution in [0.25, 0.3) is 0 Å². The average molecular weight is 209 g/mol. The molecule has 0 aliphatic heterocycles. The predicted molar refractivity (Wildman–Crippen MR) is 57.6 cm³/mol. The van der Waals surface area contributed by atoms with Crippen LogP contribution in [-0.4, -0.2) is 28.7 Å². The lowest BCUT2D eigenvalue weighted by molar-refractivity contribution is 0.148. The quantitative estimate of drug-likeness (QED) is 0.452. The number of oxime groups is 1. The monoisotopic (exact) mass is 209 g/mol. The molecule has 82 valence electrons. The molecule has 0 aliphatic rings. The van der Waals surface area contributed by atoms with E-state index < -0.39 is 5.60 Å². The van der Waals surface area contributed by atoms with Crippen molar-refractivity contribution in [3.63, 3.8) is 0 Å². The van der Waals surface area contributed by atoms with Crippen molar-refractivity contribution in [1.29, 1.82) is 0 Å². The molecule has 0 heterocycles. The summed E-state index contributed by atoms with van der Waals surface area (Å²) in [7, 11) is 1.58. The molecule has 4 nitrogen and oxygen atoms in total. The van der Waals surface area contributed by atoms with Crippen molar-refractivity contribution in [3.8, 4) is 5.75 Å². The summed E-state index contributed by atoms with van der Waals surface area (Å²) >= 11 is 0. The molecule has 0 spiro atoms. The second kappa shape index (κ2) is 4.31. The topological polar surface area (TPSA) is 62.0 Å². The van der Waals surface area contributed by atoms with Crippen molar-refractivity contribution in [3.05, 3.63) is 29.8 Å². The number of nitrogens with zero attached hydrogens (tertiary/aromatic N) is 1. The minimum Gasteiger partial charge on any atom is -0.497 e. The van der Waals surface area contributed by atoms with E-state index in [0.717, 1.165) is 0 Å². The Morgan fingerprint density at radius 1 is 1.27 bits per heavy atom. The molecule has 0 aromatic heterocycles. The van der Waals surface area contributed by atoms with Crippen molar-refractivity contribution < 1.29 is 15.1 Å². The Bertz CT molecular complexity index is 349. The SMILES string of the molecule is COc1ccc(C(=NO)C(C)(C)O)cc1. The molecule has 0 fully saturated rings. The molecule has 0 aliphatic carbocycles. The Labute approximate surface area is 88.8 Å². The van der Waals surface area contributed by atoms with E-state index in [-0.39, 0.29) is 5.71 Å². The number of hydrogen-bond donors (Lipinski definition) is 2. The van der Waals surface area contributed by atoms with Crippen LogP contribution in [0.15, 0.2) is 29.4 Å². The molecule has 2 N–H and O–H groups in total. The minimum atomic E-state index is -1.18. The van der Waals surface area contributed by atoms with Gasteiger partial charge >= 0.3 is 0 Å². The second-order valence-electron chi connectivity index (χ2n) is 3.74. The van der Waals surface area contributed by atoms with Gasteiger partial charge in [-0.15, -0.1) is 0 Å². The van der Waals surface area contributed by atoms with Crippen molar-refractivity contribution in [2.24, 2.45) is 5.16 Å². The van der Waals surface area contributed by atoms with Gasteiger partial charge in [0.25, 0.3) is 0 Å². The highest BCUT2D eigenvalue weighted by molar-refractivity contribution is 6.05. The van der Waals surface area contributed by atoms with Crippen molar-refractivity contribution >= 4 is 5.71 Å². The normalized spacial score (nSPS) is 12.7. The van der Waals surface area contributed by atoms with E-state index in [2.05, 4.69) is 5.16 Å². The number of benzene rings is 1. The molecule has 0 saturated heterocycles. The molecular weight excluding hydrogens is 194 g/mol. The van der Waals surface area contributed by atoms with E-state index in [9.17, 15) is 5.11 Å². The number of rotatable bonds is 3. The van der Waals surface area contributed by atoms with Gasteiger partial charge in [-0.05, 0) is 38.1 Å². The van der Waals surface area contributed by atoms with Crippen LogP contribution in [0.1, 0.15) is 19.4 Å². The molecule has 0 saturated carbocycles. The highest BCUT2D eigenvalue weighted by Crippen LogP contribution is 2.17. The molecule has 0 bridgehead atoms. The smallest absolute Gasteiger partial charge is 0.118 e. The summed E-state index contributed by atoms with van der Waals surface area (Å²) in [5.41, 5.74) is -0.292. The van der Waals surface area contributed by atoms with Gasteiger partial charge in [-0.3, -0.25) is 0 Å². The van der Waals surface area contributed by atoms with E-state index in [1.165, 1.54) is 0 Å². The van der Waals surface area contributed by atoms with Crippen LogP contribution in [0.2, 0.25) is 0 Å². The van der Waals surface area contributed by atoms with E-state index in [4.69, 9.17) is 9.94 Å². The van der Waals surface area contributed by atoms with Gasteiger partial charge in [-0.25, -0.2) is 0 Å². The third kappa shape index (κ3) is 2.70. The van der Waals surface area contributed by atoms with Crippen LogP contribution < -0.4 is 4.74 Å². The zero-order valence-corrected chi connectivity index (χ0v) is 9.06. The van der Waals surface area contributed by atoms with Gasteiger partial charge in [0, 0.05) is 5.56 Å². The molecule has 0 atom stereocenters. The third-order valence-electron chi connectivity index (χ3n) is 2.04. The molecule has 15 heavy (non-hydrogen) atoms. The molecule has 0 radical (unpaired) electrons. The molecule has 1 aromatic carbocycles. The van der Waals surface area contributed by atoms with Crippen molar-refractivity contribution in [2.45, 2.75) is 19.4 Å². The first-order valence-corrected chi connectivity index (χ1v) is 4.58. The summed E-state index contributed by atoms with van der Waals surface area (Å²) in [4.78, 5) is 0. The zero-order valence-electron chi connectivity index (χ0n) is 9.06. The summed E-state index contributed by atoms with van der Waals surface area (Å²) < 4.78 is 5.00. The second-order valence-corrected chi connectivity index (χ2v) is 3.74. The highest BCUT2D eigenvalue weighted by Gasteiger charge is 2.23. The number of methoxy groups -OCH3 is 1. The van der Waals surface area contributed by atoms with Crippen LogP contribution >= 0.6 is 0 Å². The Morgan fingerprint density at radius 2 is 1.80 bits per heavy atom. The largest absolute Gasteiger partial charge is 0.497 e. The number of hydrogen-bond acceptors (Lipinski definition) is 4. The summed E-state index contributed by atoms with van der Waals surface area (Å²) in [6.45, 7) is 3.12. The van der Waals surface area contributed by atoms with Crippen LogP contribution in [-0.2, 0) is 0 Å².